The Hall–Kier alpha value is -2.60. The van der Waals surface area contributed by atoms with Crippen molar-refractivity contribution in [2.24, 2.45) is 0 Å². The van der Waals surface area contributed by atoms with E-state index >= 15 is 0 Å². The first-order valence-corrected chi connectivity index (χ1v) is 23.5. The summed E-state index contributed by atoms with van der Waals surface area (Å²) in [5.41, 5.74) is 0.854. The van der Waals surface area contributed by atoms with Gasteiger partial charge >= 0.3 is 42.3 Å². The van der Waals surface area contributed by atoms with E-state index in [0.717, 1.165) is 0 Å². The van der Waals surface area contributed by atoms with Crippen LogP contribution in [0.5, 0.6) is 0 Å². The van der Waals surface area contributed by atoms with Crippen molar-refractivity contribution >= 4 is 64.0 Å². The van der Waals surface area contributed by atoms with E-state index in [4.69, 9.17) is 28.6 Å². The molecule has 5 rings (SSSR count). The number of halogens is 3. The van der Waals surface area contributed by atoms with Crippen LogP contribution in [0.15, 0.2) is 152 Å². The molecule has 0 fully saturated rings. The summed E-state index contributed by atoms with van der Waals surface area (Å²) in [6, 6.07) is 49.7. The molecule has 0 heterocycles. The molecule has 0 aromatic heterocycles. The van der Waals surface area contributed by atoms with Crippen LogP contribution in [0.25, 0.3) is 0 Å². The van der Waals surface area contributed by atoms with Crippen LogP contribution in [0.4, 0.5) is 0 Å². The Labute approximate surface area is 248 Å². The van der Waals surface area contributed by atoms with Gasteiger partial charge < -0.3 is 0 Å². The van der Waals surface area contributed by atoms with Crippen molar-refractivity contribution in [3.05, 3.63) is 163 Å². The van der Waals surface area contributed by atoms with Crippen LogP contribution in [0.3, 0.4) is 0 Å². The first-order chi connectivity index (χ1) is 19.0. The molecule has 5 aromatic rings. The third kappa shape index (κ3) is 10.5. The van der Waals surface area contributed by atoms with E-state index in [0.29, 0.717) is 11.1 Å². The first-order valence-electron chi connectivity index (χ1n) is 11.9. The Morgan fingerprint density at radius 1 is 0.410 bits per heavy atom. The van der Waals surface area contributed by atoms with Crippen molar-refractivity contribution in [1.82, 2.24) is 0 Å². The number of carbonyl (C=O) groups excluding carboxylic acids is 2. The van der Waals surface area contributed by atoms with Crippen LogP contribution >= 0.6 is 36.5 Å². The number of ketones is 2. The largest absolute Gasteiger partial charge is 0.102 e. The molecule has 0 N–H and O–H groups in total. The second-order valence-electron chi connectivity index (χ2n) is 8.03. The van der Waals surface area contributed by atoms with Crippen molar-refractivity contribution in [2.45, 2.75) is 0 Å². The van der Waals surface area contributed by atoms with E-state index in [1.54, 1.807) is 48.5 Å². The molecule has 0 radical (unpaired) electrons. The predicted molar refractivity (Wildman–Crippen MR) is 166 cm³/mol. The molecule has 2 nitrogen and oxygen atoms in total. The molecule has 198 valence electrons. The topological polar surface area (TPSA) is 34.1 Å². The molecule has 0 spiro atoms. The summed E-state index contributed by atoms with van der Waals surface area (Å²) in [7, 11) is 14.1. The summed E-state index contributed by atoms with van der Waals surface area (Å²) in [6.07, 6.45) is 0. The maximum atomic E-state index is 11.8. The maximum Gasteiger partial charge on any atom is 0.102 e. The Kier molecular flexibility index (Phi) is 13.6. The van der Waals surface area contributed by atoms with E-state index in [9.17, 15) is 9.59 Å². The van der Waals surface area contributed by atoms with Gasteiger partial charge in [0.05, 0.1) is 7.92 Å². The van der Waals surface area contributed by atoms with Crippen LogP contribution in [0.2, 0.25) is 0 Å². The van der Waals surface area contributed by atoms with Gasteiger partial charge in [0.2, 0.25) is 11.6 Å². The van der Waals surface area contributed by atoms with Crippen LogP contribution in [0.1, 0.15) is 20.7 Å². The number of Topliss-reactive ketones (excluding diaryl/α,β-unsaturated/α-hetero) is 2. The summed E-state index contributed by atoms with van der Waals surface area (Å²) in [5.74, 6) is -0.932. The van der Waals surface area contributed by atoms with Gasteiger partial charge in [-0.15, -0.1) is 0 Å². The van der Waals surface area contributed by atoms with Crippen LogP contribution in [-0.2, 0) is 13.7 Å². The van der Waals surface area contributed by atoms with Crippen molar-refractivity contribution in [3.8, 4) is 0 Å². The fourth-order valence-electron chi connectivity index (χ4n) is 3.76. The second-order valence-corrected chi connectivity index (χ2v) is 22.3. The molecule has 0 bridgehead atoms. The normalized spacial score (nSPS) is 10.3. The summed E-state index contributed by atoms with van der Waals surface area (Å²) in [4.78, 5) is 23.6. The van der Waals surface area contributed by atoms with Gasteiger partial charge in [0, 0.05) is 11.1 Å². The van der Waals surface area contributed by atoms with Gasteiger partial charge in [0.25, 0.3) is 0 Å². The number of hydrogen-bond acceptors (Lipinski definition) is 2. The van der Waals surface area contributed by atoms with E-state index in [1.807, 2.05) is 12.1 Å². The zero-order chi connectivity index (χ0) is 27.9. The molecule has 0 aliphatic carbocycles. The minimum absolute atomic E-state index is 0.427. The van der Waals surface area contributed by atoms with Gasteiger partial charge in [0.1, 0.15) is 15.9 Å². The number of rotatable bonds is 6. The Morgan fingerprint density at radius 3 is 0.846 bits per heavy atom. The van der Waals surface area contributed by atoms with Crippen molar-refractivity contribution < 1.29 is 23.3 Å². The SMILES string of the molecule is O=C(C(=O)c1ccccc1)c1ccccc1.[Cl][Re]([Cl])[Cl].c1ccc([PH+](c2ccccc2)c2ccccc2)cc1. The molecular formula is C32H26Cl3O2PRe+. The third-order valence-electron chi connectivity index (χ3n) is 5.47. The second kappa shape index (κ2) is 17.2. The number of benzene rings is 5. The zero-order valence-corrected chi connectivity index (χ0v) is 26.7. The summed E-state index contributed by atoms with van der Waals surface area (Å²) in [5, 5.41) is 4.31. The summed E-state index contributed by atoms with van der Waals surface area (Å²) in [6.45, 7) is 0. The fraction of sp³-hybridized carbons (Fsp3) is 0. The quantitative estimate of drug-likeness (QED) is 0.0999. The molecule has 0 saturated carbocycles. The van der Waals surface area contributed by atoms with Gasteiger partial charge in [0.15, 0.2) is 0 Å². The van der Waals surface area contributed by atoms with Gasteiger partial charge in [-0.05, 0) is 36.4 Å². The van der Waals surface area contributed by atoms with Gasteiger partial charge in [-0.25, -0.2) is 0 Å². The Bertz CT molecular complexity index is 1260. The molecule has 0 aliphatic heterocycles. The maximum absolute atomic E-state index is 11.8. The Morgan fingerprint density at radius 2 is 0.615 bits per heavy atom. The fourth-order valence-corrected chi connectivity index (χ4v) is 6.33. The monoisotopic (exact) mass is 765 g/mol. The molecule has 0 aliphatic rings. The van der Waals surface area contributed by atoms with Crippen molar-refractivity contribution in [2.75, 3.05) is 0 Å². The molecule has 5 aromatic carbocycles. The smallest absolute Gasteiger partial charge is 0.0620 e. The zero-order valence-electron chi connectivity index (χ0n) is 20.8. The first kappa shape index (κ1) is 30.9. The van der Waals surface area contributed by atoms with E-state index < -0.39 is 33.2 Å². The molecular weight excluding hydrogens is 740 g/mol. The molecule has 0 unspecified atom stereocenters. The Balaban J connectivity index is 0.000000192. The van der Waals surface area contributed by atoms with Gasteiger partial charge in [-0.2, -0.15) is 0 Å². The van der Waals surface area contributed by atoms with Crippen molar-refractivity contribution in [3.63, 3.8) is 0 Å². The van der Waals surface area contributed by atoms with Crippen LogP contribution in [-0.4, -0.2) is 11.6 Å². The van der Waals surface area contributed by atoms with Gasteiger partial charge in [-0.1, -0.05) is 115 Å². The van der Waals surface area contributed by atoms with Crippen LogP contribution < -0.4 is 15.9 Å². The average Bonchev–Trinajstić information content (AvgIpc) is 2.99. The molecule has 0 amide bonds. The molecule has 7 heteroatoms. The average molecular weight is 766 g/mol. The number of carbonyl (C=O) groups is 2. The van der Waals surface area contributed by atoms with E-state index in [-0.39, 0.29) is 0 Å². The minimum atomic E-state index is -2.05. The van der Waals surface area contributed by atoms with Crippen molar-refractivity contribution in [1.29, 1.82) is 0 Å². The predicted octanol–water partition coefficient (Wildman–Crippen LogP) is 8.00. The standard InChI is InChI=1S/C18H15P.C14H10O2.3ClH.Re/c1-4-10-16(11-5-1)19(17-12-6-2-7-13-17)18-14-8-3-9-15-18;15-13(11-7-3-1-4-8-11)14(16)12-9-5-2-6-10-12;;;;/h1-15H;1-10H;3*1H;/q;;;;;+3/p-2. The minimum Gasteiger partial charge on any atom is -0.0620 e. The van der Waals surface area contributed by atoms with Gasteiger partial charge in [-0.3, -0.25) is 9.59 Å². The summed E-state index contributed by atoms with van der Waals surface area (Å²) >= 11 is -2.05. The molecule has 39 heavy (non-hydrogen) atoms. The molecule has 0 saturated heterocycles. The van der Waals surface area contributed by atoms with E-state index in [1.165, 1.54) is 15.9 Å². The van der Waals surface area contributed by atoms with Crippen LogP contribution in [0, 0.1) is 0 Å². The summed E-state index contributed by atoms with van der Waals surface area (Å²) < 4.78 is 0. The third-order valence-corrected chi connectivity index (χ3v) is 8.20. The van der Waals surface area contributed by atoms with E-state index in [2.05, 4.69) is 91.0 Å². The molecule has 0 atom stereocenters. The number of hydrogen-bond donors (Lipinski definition) is 0.